The van der Waals surface area contributed by atoms with Gasteiger partial charge in [0.1, 0.15) is 6.04 Å². The smallest absolute Gasteiger partial charge is 0.309 e. The molecule has 0 radical (unpaired) electrons. The number of nitrogens with one attached hydrogen (secondary N) is 2. The Balaban J connectivity index is 2.41. The summed E-state index contributed by atoms with van der Waals surface area (Å²) in [5, 5.41) is 4.58. The maximum Gasteiger partial charge on any atom is 0.309 e. The van der Waals surface area contributed by atoms with Crippen molar-refractivity contribution in [3.8, 4) is 0 Å². The molecule has 0 bridgehead atoms. The Labute approximate surface area is 122 Å². The van der Waals surface area contributed by atoms with Crippen molar-refractivity contribution >= 4 is 34.9 Å². The van der Waals surface area contributed by atoms with Gasteiger partial charge >= 0.3 is 11.8 Å². The first kappa shape index (κ1) is 16.3. The standard InChI is InChI=1S/C11H18N4O4S/c1-7(11(18)15-2-4-19-5-3-15)14-10(17)9(16)13-6-8(12)20/h7H,2-6H2,1H3,(H2,12,20)(H,13,16)(H,14,17). The third kappa shape index (κ3) is 5.10. The molecule has 0 aromatic carbocycles. The van der Waals surface area contributed by atoms with E-state index in [9.17, 15) is 14.4 Å². The summed E-state index contributed by atoms with van der Waals surface area (Å²) >= 11 is 4.57. The first-order chi connectivity index (χ1) is 9.41. The SMILES string of the molecule is CC(NC(=O)C(=O)NCC(N)=S)C(=O)N1CCOCC1. The Hall–Kier alpha value is -1.74. The highest BCUT2D eigenvalue weighted by atomic mass is 32.1. The molecule has 1 rings (SSSR count). The van der Waals surface area contributed by atoms with Crippen LogP contribution < -0.4 is 16.4 Å². The first-order valence-corrected chi connectivity index (χ1v) is 6.56. The second kappa shape index (κ2) is 7.75. The van der Waals surface area contributed by atoms with E-state index in [0.29, 0.717) is 26.3 Å². The molecule has 112 valence electrons. The molecule has 4 N–H and O–H groups in total. The van der Waals surface area contributed by atoms with E-state index in [0.717, 1.165) is 0 Å². The minimum Gasteiger partial charge on any atom is -0.392 e. The average Bonchev–Trinajstić information content (AvgIpc) is 2.44. The highest BCUT2D eigenvalue weighted by molar-refractivity contribution is 7.80. The van der Waals surface area contributed by atoms with Gasteiger partial charge in [-0.25, -0.2) is 0 Å². The van der Waals surface area contributed by atoms with Gasteiger partial charge in [-0.05, 0) is 6.92 Å². The summed E-state index contributed by atoms with van der Waals surface area (Å²) in [5.41, 5.74) is 5.20. The van der Waals surface area contributed by atoms with Crippen LogP contribution in [0.15, 0.2) is 0 Å². The van der Waals surface area contributed by atoms with E-state index in [4.69, 9.17) is 10.5 Å². The number of carbonyl (C=O) groups excluding carboxylic acids is 3. The average molecular weight is 302 g/mol. The van der Waals surface area contributed by atoms with Crippen LogP contribution >= 0.6 is 12.2 Å². The molecule has 8 nitrogen and oxygen atoms in total. The number of carbonyl (C=O) groups is 3. The lowest BCUT2D eigenvalue weighted by atomic mass is 10.2. The fraction of sp³-hybridized carbons (Fsp3) is 0.636. The lowest BCUT2D eigenvalue weighted by Gasteiger charge is -2.29. The molecule has 1 saturated heterocycles. The first-order valence-electron chi connectivity index (χ1n) is 6.15. The number of amides is 3. The van der Waals surface area contributed by atoms with Crippen LogP contribution in [0.4, 0.5) is 0 Å². The van der Waals surface area contributed by atoms with E-state index in [-0.39, 0.29) is 17.4 Å². The highest BCUT2D eigenvalue weighted by Gasteiger charge is 2.25. The molecule has 3 amide bonds. The summed E-state index contributed by atoms with van der Waals surface area (Å²) in [5.74, 6) is -2.02. The van der Waals surface area contributed by atoms with Crippen molar-refractivity contribution in [2.45, 2.75) is 13.0 Å². The monoisotopic (exact) mass is 302 g/mol. The molecule has 0 aromatic rings. The molecule has 9 heteroatoms. The lowest BCUT2D eigenvalue weighted by Crippen LogP contribution is -2.53. The van der Waals surface area contributed by atoms with Gasteiger partial charge in [-0.3, -0.25) is 14.4 Å². The summed E-state index contributed by atoms with van der Waals surface area (Å²) in [6.45, 7) is 3.37. The van der Waals surface area contributed by atoms with Crippen molar-refractivity contribution < 1.29 is 19.1 Å². The summed E-state index contributed by atoms with van der Waals surface area (Å²) < 4.78 is 5.13. The van der Waals surface area contributed by atoms with Crippen LogP contribution in [-0.4, -0.2) is 66.5 Å². The van der Waals surface area contributed by atoms with Crippen LogP contribution in [-0.2, 0) is 19.1 Å². The zero-order valence-corrected chi connectivity index (χ0v) is 12.0. The van der Waals surface area contributed by atoms with Gasteiger partial charge < -0.3 is 26.0 Å². The van der Waals surface area contributed by atoms with Crippen LogP contribution in [0.25, 0.3) is 0 Å². The number of nitrogens with zero attached hydrogens (tertiary/aromatic N) is 1. The van der Waals surface area contributed by atoms with E-state index < -0.39 is 17.9 Å². The molecular formula is C11H18N4O4S. The van der Waals surface area contributed by atoms with Crippen LogP contribution in [0.1, 0.15) is 6.92 Å². The van der Waals surface area contributed by atoms with E-state index >= 15 is 0 Å². The minimum atomic E-state index is -0.893. The molecule has 0 aliphatic carbocycles. The summed E-state index contributed by atoms with van der Waals surface area (Å²) in [7, 11) is 0. The van der Waals surface area contributed by atoms with Gasteiger partial charge in [0, 0.05) is 13.1 Å². The van der Waals surface area contributed by atoms with Gasteiger partial charge in [0.15, 0.2) is 0 Å². The quantitative estimate of drug-likeness (QED) is 0.399. The van der Waals surface area contributed by atoms with Crippen LogP contribution in [0.5, 0.6) is 0 Å². The van der Waals surface area contributed by atoms with Crippen molar-refractivity contribution in [3.63, 3.8) is 0 Å². The topological polar surface area (TPSA) is 114 Å². The van der Waals surface area contributed by atoms with Crippen LogP contribution in [0.3, 0.4) is 0 Å². The molecule has 1 unspecified atom stereocenters. The van der Waals surface area contributed by atoms with E-state index in [1.807, 2.05) is 0 Å². The number of thiocarbonyl (C=S) groups is 1. The van der Waals surface area contributed by atoms with Gasteiger partial charge in [-0.1, -0.05) is 12.2 Å². The van der Waals surface area contributed by atoms with Crippen molar-refractivity contribution in [1.82, 2.24) is 15.5 Å². The molecule has 1 atom stereocenters. The van der Waals surface area contributed by atoms with Crippen molar-refractivity contribution in [2.24, 2.45) is 5.73 Å². The molecule has 1 aliphatic heterocycles. The lowest BCUT2D eigenvalue weighted by molar-refractivity contribution is -0.143. The largest absolute Gasteiger partial charge is 0.392 e. The Bertz CT molecular complexity index is 409. The summed E-state index contributed by atoms with van der Waals surface area (Å²) in [6.07, 6.45) is 0. The number of morpholine rings is 1. The number of hydrogen-bond donors (Lipinski definition) is 3. The normalized spacial score (nSPS) is 16.1. The molecule has 0 aromatic heterocycles. The highest BCUT2D eigenvalue weighted by Crippen LogP contribution is 2.00. The number of nitrogens with two attached hydrogens (primary N) is 1. The molecular weight excluding hydrogens is 284 g/mol. The molecule has 0 spiro atoms. The Morgan fingerprint density at radius 2 is 1.90 bits per heavy atom. The predicted octanol–water partition coefficient (Wildman–Crippen LogP) is -2.25. The van der Waals surface area contributed by atoms with E-state index in [1.54, 1.807) is 4.90 Å². The molecule has 0 saturated carbocycles. The summed E-state index contributed by atoms with van der Waals surface area (Å²) in [6, 6.07) is -0.781. The molecule has 20 heavy (non-hydrogen) atoms. The third-order valence-electron chi connectivity index (χ3n) is 2.67. The van der Waals surface area contributed by atoms with Gasteiger partial charge in [0.05, 0.1) is 24.7 Å². The van der Waals surface area contributed by atoms with Gasteiger partial charge in [-0.15, -0.1) is 0 Å². The second-order valence-corrected chi connectivity index (χ2v) is 4.81. The van der Waals surface area contributed by atoms with E-state index in [2.05, 4.69) is 22.9 Å². The maximum absolute atomic E-state index is 12.0. The van der Waals surface area contributed by atoms with E-state index in [1.165, 1.54) is 6.92 Å². The Kier molecular flexibility index (Phi) is 6.32. The number of hydrogen-bond acceptors (Lipinski definition) is 5. The van der Waals surface area contributed by atoms with Crippen LogP contribution in [0.2, 0.25) is 0 Å². The van der Waals surface area contributed by atoms with Gasteiger partial charge in [-0.2, -0.15) is 0 Å². The van der Waals surface area contributed by atoms with Gasteiger partial charge in [0.2, 0.25) is 5.91 Å². The Morgan fingerprint density at radius 3 is 2.45 bits per heavy atom. The zero-order valence-electron chi connectivity index (χ0n) is 11.2. The minimum absolute atomic E-state index is 0.0621. The number of rotatable bonds is 4. The number of ether oxygens (including phenoxy) is 1. The predicted molar refractivity (Wildman–Crippen MR) is 74.8 cm³/mol. The fourth-order valence-electron chi connectivity index (χ4n) is 1.63. The van der Waals surface area contributed by atoms with Crippen molar-refractivity contribution in [2.75, 3.05) is 32.8 Å². The van der Waals surface area contributed by atoms with Crippen LogP contribution in [0, 0.1) is 0 Å². The molecule has 1 aliphatic rings. The third-order valence-corrected chi connectivity index (χ3v) is 2.81. The molecule has 1 heterocycles. The summed E-state index contributed by atoms with van der Waals surface area (Å²) in [4.78, 5) is 36.6. The van der Waals surface area contributed by atoms with Gasteiger partial charge in [0.25, 0.3) is 0 Å². The van der Waals surface area contributed by atoms with Crippen molar-refractivity contribution in [1.29, 1.82) is 0 Å². The zero-order chi connectivity index (χ0) is 15.1. The maximum atomic E-state index is 12.0. The van der Waals surface area contributed by atoms with Crippen molar-refractivity contribution in [3.05, 3.63) is 0 Å². The fourth-order valence-corrected chi connectivity index (χ4v) is 1.70. The Morgan fingerprint density at radius 1 is 1.30 bits per heavy atom. The second-order valence-electron chi connectivity index (χ2n) is 4.28. The molecule has 1 fully saturated rings.